The highest BCUT2D eigenvalue weighted by Gasteiger charge is 2.25. The summed E-state index contributed by atoms with van der Waals surface area (Å²) in [5.74, 6) is 1.44. The topological polar surface area (TPSA) is 74.6 Å². The third kappa shape index (κ3) is 3.03. The quantitative estimate of drug-likeness (QED) is 0.781. The fourth-order valence-corrected chi connectivity index (χ4v) is 3.19. The maximum Gasteiger partial charge on any atom is 0.274 e. The van der Waals surface area contributed by atoms with Crippen molar-refractivity contribution in [3.63, 3.8) is 0 Å². The first-order valence-electron chi connectivity index (χ1n) is 8.53. The van der Waals surface area contributed by atoms with Crippen LogP contribution in [-0.2, 0) is 0 Å². The summed E-state index contributed by atoms with van der Waals surface area (Å²) in [7, 11) is 1.67. The number of hydrogen-bond donors (Lipinski definition) is 1. The summed E-state index contributed by atoms with van der Waals surface area (Å²) in [5, 5.41) is 7.00. The van der Waals surface area contributed by atoms with Crippen molar-refractivity contribution in [3.8, 4) is 17.2 Å². The predicted octanol–water partition coefficient (Wildman–Crippen LogP) is 2.64. The molecular formula is C19H20N4O3. The Kier molecular flexibility index (Phi) is 4.35. The van der Waals surface area contributed by atoms with Gasteiger partial charge in [0.1, 0.15) is 11.4 Å². The van der Waals surface area contributed by atoms with Crippen molar-refractivity contribution in [3.05, 3.63) is 54.4 Å². The first-order valence-corrected chi connectivity index (χ1v) is 8.53. The van der Waals surface area contributed by atoms with Gasteiger partial charge in [-0.15, -0.1) is 0 Å². The lowest BCUT2D eigenvalue weighted by Gasteiger charge is -2.36. The van der Waals surface area contributed by atoms with Gasteiger partial charge in [0.15, 0.2) is 11.5 Å². The van der Waals surface area contributed by atoms with Crippen LogP contribution in [0.25, 0.3) is 11.5 Å². The van der Waals surface area contributed by atoms with E-state index in [1.54, 1.807) is 25.5 Å². The van der Waals surface area contributed by atoms with Crippen LogP contribution >= 0.6 is 0 Å². The zero-order chi connectivity index (χ0) is 17.9. The highest BCUT2D eigenvalue weighted by atomic mass is 16.5. The minimum atomic E-state index is -0.0706. The first-order chi connectivity index (χ1) is 12.8. The molecule has 3 aromatic rings. The Hall–Kier alpha value is -3.22. The molecule has 26 heavy (non-hydrogen) atoms. The summed E-state index contributed by atoms with van der Waals surface area (Å²) in [6.07, 6.45) is 1.59. The molecule has 1 aliphatic heterocycles. The van der Waals surface area contributed by atoms with E-state index in [4.69, 9.17) is 9.15 Å². The van der Waals surface area contributed by atoms with Gasteiger partial charge in [0, 0.05) is 32.2 Å². The van der Waals surface area contributed by atoms with E-state index in [0.29, 0.717) is 30.2 Å². The number of ether oxygens (including phenoxy) is 1. The number of furan rings is 1. The van der Waals surface area contributed by atoms with Crippen molar-refractivity contribution in [2.45, 2.75) is 0 Å². The third-order valence-electron chi connectivity index (χ3n) is 4.58. The van der Waals surface area contributed by atoms with E-state index < -0.39 is 0 Å². The molecule has 1 aliphatic rings. The van der Waals surface area contributed by atoms with E-state index in [9.17, 15) is 4.79 Å². The smallest absolute Gasteiger partial charge is 0.274 e. The van der Waals surface area contributed by atoms with Gasteiger partial charge in [-0.3, -0.25) is 9.89 Å². The molecule has 134 valence electrons. The SMILES string of the molecule is COc1ccccc1N1CCN(C(=O)c2cc(-c3ccco3)[nH]n2)CC1. The normalized spacial score (nSPS) is 14.5. The first kappa shape index (κ1) is 16.3. The molecule has 3 heterocycles. The van der Waals surface area contributed by atoms with Gasteiger partial charge in [0.05, 0.1) is 19.1 Å². The Bertz CT molecular complexity index is 880. The van der Waals surface area contributed by atoms with Crippen molar-refractivity contribution >= 4 is 11.6 Å². The van der Waals surface area contributed by atoms with Crippen molar-refractivity contribution in [2.24, 2.45) is 0 Å². The van der Waals surface area contributed by atoms with Crippen LogP contribution in [0.4, 0.5) is 5.69 Å². The number of piperazine rings is 1. The van der Waals surface area contributed by atoms with Gasteiger partial charge >= 0.3 is 0 Å². The van der Waals surface area contributed by atoms with E-state index in [1.807, 2.05) is 35.2 Å². The number of H-pyrrole nitrogens is 1. The van der Waals surface area contributed by atoms with Crippen molar-refractivity contribution in [1.29, 1.82) is 0 Å². The summed E-state index contributed by atoms with van der Waals surface area (Å²) >= 11 is 0. The van der Waals surface area contributed by atoms with Crippen molar-refractivity contribution in [1.82, 2.24) is 15.1 Å². The molecule has 0 radical (unpaired) electrons. The van der Waals surface area contributed by atoms with Gasteiger partial charge in [-0.2, -0.15) is 5.10 Å². The molecule has 1 N–H and O–H groups in total. The lowest BCUT2D eigenvalue weighted by atomic mass is 10.2. The van der Waals surface area contributed by atoms with E-state index >= 15 is 0 Å². The van der Waals surface area contributed by atoms with Crippen LogP contribution in [0, 0.1) is 0 Å². The van der Waals surface area contributed by atoms with Crippen LogP contribution in [0.15, 0.2) is 53.1 Å². The number of hydrogen-bond acceptors (Lipinski definition) is 5. The summed E-state index contributed by atoms with van der Waals surface area (Å²) < 4.78 is 10.8. The van der Waals surface area contributed by atoms with Crippen LogP contribution in [0.5, 0.6) is 5.75 Å². The third-order valence-corrected chi connectivity index (χ3v) is 4.58. The molecule has 7 heteroatoms. The summed E-state index contributed by atoms with van der Waals surface area (Å²) in [4.78, 5) is 16.8. The molecule has 0 saturated carbocycles. The van der Waals surface area contributed by atoms with Crippen LogP contribution < -0.4 is 9.64 Å². The highest BCUT2D eigenvalue weighted by molar-refractivity contribution is 5.93. The molecular weight excluding hydrogens is 332 g/mol. The summed E-state index contributed by atoms with van der Waals surface area (Å²) in [6.45, 7) is 2.78. The monoisotopic (exact) mass is 352 g/mol. The molecule has 0 aliphatic carbocycles. The molecule has 0 spiro atoms. The Labute approximate surface area is 151 Å². The lowest BCUT2D eigenvalue weighted by molar-refractivity contribution is 0.0740. The average Bonchev–Trinajstić information content (AvgIpc) is 3.39. The largest absolute Gasteiger partial charge is 0.495 e. The number of methoxy groups -OCH3 is 1. The molecule has 0 bridgehead atoms. The Morgan fingerprint density at radius 3 is 2.69 bits per heavy atom. The van der Waals surface area contributed by atoms with Gasteiger partial charge in [-0.25, -0.2) is 0 Å². The van der Waals surface area contributed by atoms with Gasteiger partial charge in [0.2, 0.25) is 0 Å². The summed E-state index contributed by atoms with van der Waals surface area (Å²) in [6, 6.07) is 13.3. The number of aromatic nitrogens is 2. The minimum Gasteiger partial charge on any atom is -0.495 e. The Morgan fingerprint density at radius 2 is 1.96 bits per heavy atom. The molecule has 1 aromatic carbocycles. The van der Waals surface area contributed by atoms with Crippen LogP contribution in [0.3, 0.4) is 0 Å². The molecule has 1 saturated heterocycles. The van der Waals surface area contributed by atoms with E-state index in [-0.39, 0.29) is 5.91 Å². The molecule has 4 rings (SSSR count). The second-order valence-corrected chi connectivity index (χ2v) is 6.10. The number of anilines is 1. The van der Waals surface area contributed by atoms with E-state index in [0.717, 1.165) is 24.5 Å². The van der Waals surface area contributed by atoms with E-state index in [1.165, 1.54) is 0 Å². The molecule has 7 nitrogen and oxygen atoms in total. The average molecular weight is 352 g/mol. The molecule has 2 aromatic heterocycles. The number of para-hydroxylation sites is 2. The van der Waals surface area contributed by atoms with Crippen LogP contribution in [-0.4, -0.2) is 54.3 Å². The van der Waals surface area contributed by atoms with Gasteiger partial charge in [0.25, 0.3) is 5.91 Å². The molecule has 1 fully saturated rings. The number of nitrogens with zero attached hydrogens (tertiary/aromatic N) is 3. The van der Waals surface area contributed by atoms with E-state index in [2.05, 4.69) is 15.1 Å². The van der Waals surface area contributed by atoms with Crippen LogP contribution in [0.2, 0.25) is 0 Å². The second kappa shape index (κ2) is 6.95. The molecule has 0 atom stereocenters. The van der Waals surface area contributed by atoms with Crippen molar-refractivity contribution in [2.75, 3.05) is 38.2 Å². The van der Waals surface area contributed by atoms with Crippen LogP contribution in [0.1, 0.15) is 10.5 Å². The fourth-order valence-electron chi connectivity index (χ4n) is 3.19. The number of nitrogens with one attached hydrogen (secondary N) is 1. The number of rotatable bonds is 4. The zero-order valence-electron chi connectivity index (χ0n) is 14.5. The number of amides is 1. The van der Waals surface area contributed by atoms with Gasteiger partial charge < -0.3 is 19.0 Å². The molecule has 0 unspecified atom stereocenters. The maximum absolute atomic E-state index is 12.7. The van der Waals surface area contributed by atoms with Gasteiger partial charge in [-0.1, -0.05) is 12.1 Å². The maximum atomic E-state index is 12.7. The fraction of sp³-hybridized carbons (Fsp3) is 0.263. The number of aromatic amines is 1. The Morgan fingerprint density at radius 1 is 1.15 bits per heavy atom. The van der Waals surface area contributed by atoms with Gasteiger partial charge in [-0.05, 0) is 24.3 Å². The number of carbonyl (C=O) groups is 1. The standard InChI is InChI=1S/C19H20N4O3/c1-25-18-6-3-2-5-16(18)22-8-10-23(11-9-22)19(24)15-13-14(20-21-15)17-7-4-12-26-17/h2-7,12-13H,8-11H2,1H3,(H,20,21). The number of carbonyl (C=O) groups excluding carboxylic acids is 1. The lowest BCUT2D eigenvalue weighted by Crippen LogP contribution is -2.49. The van der Waals surface area contributed by atoms with Crippen molar-refractivity contribution < 1.29 is 13.9 Å². The Balaban J connectivity index is 1.42. The molecule has 1 amide bonds. The minimum absolute atomic E-state index is 0.0706. The summed E-state index contributed by atoms with van der Waals surface area (Å²) in [5.41, 5.74) is 2.16. The zero-order valence-corrected chi connectivity index (χ0v) is 14.5. The number of benzene rings is 1. The second-order valence-electron chi connectivity index (χ2n) is 6.10. The predicted molar refractivity (Wildman–Crippen MR) is 97.4 cm³/mol. The highest BCUT2D eigenvalue weighted by Crippen LogP contribution is 2.28.